The number of carbonyl (C=O) groups is 2. The van der Waals surface area contributed by atoms with Crippen molar-refractivity contribution in [1.29, 1.82) is 5.26 Å². The normalized spacial score (nSPS) is 10.8. The standard InChI is InChI=1S/C24H19FN6O2/c1-12-19(13(2)31(30-12)11-15-5-3-4-14(8-15)10-26)21-20(23(27)32)17-7-6-16(25)9-18(17)29-22(21)24(28)33/h3-9H,11H2,1-2H3,(H2,27,32)(H2,28,33). The van der Waals surface area contributed by atoms with E-state index in [-0.39, 0.29) is 22.3 Å². The molecule has 0 fully saturated rings. The van der Waals surface area contributed by atoms with E-state index in [1.165, 1.54) is 12.1 Å². The fraction of sp³-hybridized carbons (Fsp3) is 0.125. The molecule has 0 radical (unpaired) electrons. The highest BCUT2D eigenvalue weighted by Crippen LogP contribution is 2.36. The Morgan fingerprint density at radius 1 is 1.09 bits per heavy atom. The minimum absolute atomic E-state index is 0.0195. The Morgan fingerprint density at radius 3 is 2.52 bits per heavy atom. The lowest BCUT2D eigenvalue weighted by Crippen LogP contribution is -2.21. The summed E-state index contributed by atoms with van der Waals surface area (Å²) in [5, 5.41) is 14.0. The summed E-state index contributed by atoms with van der Waals surface area (Å²) in [7, 11) is 0. The van der Waals surface area contributed by atoms with Crippen LogP contribution in [0.1, 0.15) is 43.4 Å². The summed E-state index contributed by atoms with van der Waals surface area (Å²) in [5.74, 6) is -2.26. The van der Waals surface area contributed by atoms with E-state index < -0.39 is 17.6 Å². The molecular formula is C24H19FN6O2. The molecule has 33 heavy (non-hydrogen) atoms. The van der Waals surface area contributed by atoms with Gasteiger partial charge in [0.15, 0.2) is 0 Å². The molecule has 4 aromatic rings. The van der Waals surface area contributed by atoms with Crippen LogP contribution in [0.25, 0.3) is 22.0 Å². The van der Waals surface area contributed by atoms with Crippen molar-refractivity contribution in [2.45, 2.75) is 20.4 Å². The lowest BCUT2D eigenvalue weighted by atomic mass is 9.92. The summed E-state index contributed by atoms with van der Waals surface area (Å²) >= 11 is 0. The Bertz CT molecular complexity index is 1500. The molecule has 0 aliphatic rings. The molecular weight excluding hydrogens is 423 g/mol. The predicted octanol–water partition coefficient (Wildman–Crippen LogP) is 2.97. The minimum atomic E-state index is -0.882. The van der Waals surface area contributed by atoms with E-state index in [2.05, 4.69) is 16.2 Å². The van der Waals surface area contributed by atoms with Gasteiger partial charge >= 0.3 is 0 Å². The van der Waals surface area contributed by atoms with Crippen LogP contribution in [0.4, 0.5) is 4.39 Å². The average Bonchev–Trinajstić information content (AvgIpc) is 3.04. The van der Waals surface area contributed by atoms with Crippen molar-refractivity contribution in [3.63, 3.8) is 0 Å². The summed E-state index contributed by atoms with van der Waals surface area (Å²) < 4.78 is 15.5. The summed E-state index contributed by atoms with van der Waals surface area (Å²) in [6, 6.07) is 12.9. The number of fused-ring (bicyclic) bond motifs is 1. The van der Waals surface area contributed by atoms with Crippen LogP contribution in [0.5, 0.6) is 0 Å². The molecule has 2 amide bonds. The maximum Gasteiger partial charge on any atom is 0.267 e. The van der Waals surface area contributed by atoms with Crippen molar-refractivity contribution in [3.05, 3.63) is 82.1 Å². The van der Waals surface area contributed by atoms with Gasteiger partial charge in [-0.2, -0.15) is 10.4 Å². The molecule has 0 atom stereocenters. The van der Waals surface area contributed by atoms with Crippen LogP contribution in [0.15, 0.2) is 42.5 Å². The van der Waals surface area contributed by atoms with Crippen molar-refractivity contribution in [2.75, 3.05) is 0 Å². The third-order valence-electron chi connectivity index (χ3n) is 5.45. The first-order chi connectivity index (χ1) is 15.7. The first-order valence-electron chi connectivity index (χ1n) is 9.97. The molecule has 0 spiro atoms. The van der Waals surface area contributed by atoms with Crippen LogP contribution in [0.3, 0.4) is 0 Å². The Hall–Kier alpha value is -4.58. The number of carbonyl (C=O) groups excluding carboxylic acids is 2. The van der Waals surface area contributed by atoms with Gasteiger partial charge < -0.3 is 11.5 Å². The molecule has 4 N–H and O–H groups in total. The van der Waals surface area contributed by atoms with Crippen molar-refractivity contribution in [2.24, 2.45) is 11.5 Å². The van der Waals surface area contributed by atoms with E-state index in [9.17, 15) is 14.0 Å². The van der Waals surface area contributed by atoms with E-state index in [4.69, 9.17) is 16.7 Å². The maximum atomic E-state index is 13.8. The van der Waals surface area contributed by atoms with Gasteiger partial charge in [0.05, 0.1) is 35.0 Å². The number of nitriles is 1. The number of halogens is 1. The number of benzene rings is 2. The Morgan fingerprint density at radius 2 is 1.85 bits per heavy atom. The van der Waals surface area contributed by atoms with Crippen LogP contribution in [0.2, 0.25) is 0 Å². The molecule has 4 rings (SSSR count). The molecule has 164 valence electrons. The fourth-order valence-electron chi connectivity index (χ4n) is 4.04. The third-order valence-corrected chi connectivity index (χ3v) is 5.45. The zero-order chi connectivity index (χ0) is 23.9. The molecule has 0 aliphatic carbocycles. The van der Waals surface area contributed by atoms with E-state index in [0.717, 1.165) is 11.6 Å². The van der Waals surface area contributed by atoms with Crippen LogP contribution >= 0.6 is 0 Å². The number of amides is 2. The maximum absolute atomic E-state index is 13.8. The van der Waals surface area contributed by atoms with Crippen molar-refractivity contribution >= 4 is 22.7 Å². The van der Waals surface area contributed by atoms with Crippen molar-refractivity contribution in [1.82, 2.24) is 14.8 Å². The highest BCUT2D eigenvalue weighted by atomic mass is 19.1. The highest BCUT2D eigenvalue weighted by molar-refractivity contribution is 6.15. The molecule has 8 nitrogen and oxygen atoms in total. The first kappa shape index (κ1) is 21.6. The molecule has 0 bridgehead atoms. The van der Waals surface area contributed by atoms with Crippen LogP contribution < -0.4 is 11.5 Å². The predicted molar refractivity (Wildman–Crippen MR) is 120 cm³/mol. The molecule has 0 saturated carbocycles. The first-order valence-corrected chi connectivity index (χ1v) is 9.97. The van der Waals surface area contributed by atoms with Crippen LogP contribution in [-0.2, 0) is 6.54 Å². The molecule has 0 aliphatic heterocycles. The Labute approximate surface area is 188 Å². The van der Waals surface area contributed by atoms with Gasteiger partial charge in [-0.1, -0.05) is 12.1 Å². The van der Waals surface area contributed by atoms with Gasteiger partial charge in [-0.25, -0.2) is 9.37 Å². The van der Waals surface area contributed by atoms with Gasteiger partial charge in [0.25, 0.3) is 5.91 Å². The third kappa shape index (κ3) is 3.78. The smallest absolute Gasteiger partial charge is 0.267 e. The summed E-state index contributed by atoms with van der Waals surface area (Å²) in [5.41, 5.74) is 14.4. The second-order valence-corrected chi connectivity index (χ2v) is 7.62. The minimum Gasteiger partial charge on any atom is -0.366 e. The number of hydrogen-bond acceptors (Lipinski definition) is 5. The number of nitrogens with zero attached hydrogens (tertiary/aromatic N) is 4. The lowest BCUT2D eigenvalue weighted by Gasteiger charge is -2.15. The number of rotatable bonds is 5. The monoisotopic (exact) mass is 442 g/mol. The molecule has 2 aromatic carbocycles. The summed E-state index contributed by atoms with van der Waals surface area (Å²) in [6.07, 6.45) is 0. The number of aromatic nitrogens is 3. The number of nitrogens with two attached hydrogens (primary N) is 2. The van der Waals surface area contributed by atoms with Crippen LogP contribution in [0, 0.1) is 31.0 Å². The second kappa shape index (κ2) is 8.16. The average molecular weight is 442 g/mol. The number of pyridine rings is 1. The quantitative estimate of drug-likeness (QED) is 0.489. The van der Waals surface area contributed by atoms with Gasteiger partial charge in [-0.05, 0) is 43.7 Å². The number of hydrogen-bond donors (Lipinski definition) is 2. The molecule has 2 aromatic heterocycles. The molecule has 2 heterocycles. The summed E-state index contributed by atoms with van der Waals surface area (Å²) in [6.45, 7) is 3.87. The second-order valence-electron chi connectivity index (χ2n) is 7.62. The van der Waals surface area contributed by atoms with Crippen LogP contribution in [-0.4, -0.2) is 26.6 Å². The zero-order valence-corrected chi connectivity index (χ0v) is 17.9. The zero-order valence-electron chi connectivity index (χ0n) is 17.9. The highest BCUT2D eigenvalue weighted by Gasteiger charge is 2.27. The number of aryl methyl sites for hydroxylation is 1. The van der Waals surface area contributed by atoms with E-state index in [1.807, 2.05) is 6.07 Å². The largest absolute Gasteiger partial charge is 0.366 e. The Kier molecular flexibility index (Phi) is 5.35. The van der Waals surface area contributed by atoms with Gasteiger partial charge in [0.1, 0.15) is 11.5 Å². The number of primary amides is 2. The van der Waals surface area contributed by atoms with Gasteiger partial charge in [0.2, 0.25) is 5.91 Å². The van der Waals surface area contributed by atoms with Crippen molar-refractivity contribution in [3.8, 4) is 17.2 Å². The lowest BCUT2D eigenvalue weighted by molar-refractivity contribution is 0.0996. The molecule has 9 heteroatoms. The van der Waals surface area contributed by atoms with E-state index in [0.29, 0.717) is 34.4 Å². The van der Waals surface area contributed by atoms with Gasteiger partial charge in [-0.3, -0.25) is 14.3 Å². The summed E-state index contributed by atoms with van der Waals surface area (Å²) in [4.78, 5) is 29.2. The van der Waals surface area contributed by atoms with E-state index >= 15 is 0 Å². The topological polar surface area (TPSA) is 141 Å². The van der Waals surface area contributed by atoms with Crippen molar-refractivity contribution < 1.29 is 14.0 Å². The molecule has 0 unspecified atom stereocenters. The molecule has 0 saturated heterocycles. The van der Waals surface area contributed by atoms with E-state index in [1.54, 1.807) is 36.7 Å². The Balaban J connectivity index is 1.99. The van der Waals surface area contributed by atoms with Gasteiger partial charge in [-0.15, -0.1) is 0 Å². The van der Waals surface area contributed by atoms with Gasteiger partial charge in [0, 0.05) is 28.3 Å². The fourth-order valence-corrected chi connectivity index (χ4v) is 4.04. The SMILES string of the molecule is Cc1nn(Cc2cccc(C#N)c2)c(C)c1-c1c(C(N)=O)nc2cc(F)ccc2c1C(N)=O.